The normalized spacial score (nSPS) is 10.9. The molecule has 1 aromatic carbocycles. The summed E-state index contributed by atoms with van der Waals surface area (Å²) in [6, 6.07) is 4.53. The topological polar surface area (TPSA) is 52.6 Å². The molecule has 0 N–H and O–H groups in total. The van der Waals surface area contributed by atoms with Gasteiger partial charge in [-0.05, 0) is 39.0 Å². The molecule has 0 saturated carbocycles. The van der Waals surface area contributed by atoms with E-state index in [1.165, 1.54) is 13.2 Å². The molecule has 0 bridgehead atoms. The Kier molecular flexibility index (Phi) is 4.35. The van der Waals surface area contributed by atoms with Crippen LogP contribution in [0.15, 0.2) is 18.2 Å². The van der Waals surface area contributed by atoms with Gasteiger partial charge in [0.2, 0.25) is 0 Å². The smallest absolute Gasteiger partial charge is 0.349 e. The molecular weight excluding hydrogens is 256 g/mol. The van der Waals surface area contributed by atoms with Gasteiger partial charge in [-0.2, -0.15) is 0 Å². The SMILES string of the molecule is COc1ccc(Cl)cc1C(=O)OC(=O)C(C)(C)C. The Bertz CT molecular complexity index is 474. The second kappa shape index (κ2) is 5.40. The number of benzene rings is 1. The molecule has 0 fully saturated rings. The zero-order valence-corrected chi connectivity index (χ0v) is 11.5. The van der Waals surface area contributed by atoms with E-state index in [1.807, 2.05) is 0 Å². The third kappa shape index (κ3) is 3.47. The minimum Gasteiger partial charge on any atom is -0.496 e. The molecule has 0 unspecified atom stereocenters. The molecule has 1 aromatic rings. The number of halogens is 1. The number of rotatable bonds is 2. The highest BCUT2D eigenvalue weighted by Gasteiger charge is 2.27. The lowest BCUT2D eigenvalue weighted by molar-refractivity contribution is -0.146. The van der Waals surface area contributed by atoms with Crippen molar-refractivity contribution < 1.29 is 19.1 Å². The van der Waals surface area contributed by atoms with Crippen LogP contribution in [0.1, 0.15) is 31.1 Å². The Balaban J connectivity index is 2.98. The molecule has 0 heterocycles. The van der Waals surface area contributed by atoms with Gasteiger partial charge in [-0.3, -0.25) is 4.79 Å². The zero-order valence-electron chi connectivity index (χ0n) is 10.7. The summed E-state index contributed by atoms with van der Waals surface area (Å²) in [7, 11) is 1.42. The van der Waals surface area contributed by atoms with Gasteiger partial charge in [0.15, 0.2) is 0 Å². The van der Waals surface area contributed by atoms with E-state index in [9.17, 15) is 9.59 Å². The first-order valence-corrected chi connectivity index (χ1v) is 5.73. The number of carbonyl (C=O) groups excluding carboxylic acids is 2. The van der Waals surface area contributed by atoms with Crippen molar-refractivity contribution in [3.05, 3.63) is 28.8 Å². The van der Waals surface area contributed by atoms with E-state index < -0.39 is 17.4 Å². The Morgan fingerprint density at radius 3 is 2.33 bits per heavy atom. The number of ether oxygens (including phenoxy) is 2. The van der Waals surface area contributed by atoms with E-state index in [2.05, 4.69) is 0 Å². The molecule has 1 rings (SSSR count). The quantitative estimate of drug-likeness (QED) is 0.612. The highest BCUT2D eigenvalue weighted by atomic mass is 35.5. The molecule has 0 aliphatic heterocycles. The van der Waals surface area contributed by atoms with Gasteiger partial charge in [-0.25, -0.2) is 4.79 Å². The maximum atomic E-state index is 11.9. The van der Waals surface area contributed by atoms with Gasteiger partial charge in [-0.1, -0.05) is 11.6 Å². The van der Waals surface area contributed by atoms with Crippen LogP contribution in [0.4, 0.5) is 0 Å². The zero-order chi connectivity index (χ0) is 13.9. The number of hydrogen-bond donors (Lipinski definition) is 0. The Labute approximate surface area is 111 Å². The lowest BCUT2D eigenvalue weighted by Crippen LogP contribution is -2.26. The molecule has 0 saturated heterocycles. The highest BCUT2D eigenvalue weighted by molar-refractivity contribution is 6.31. The van der Waals surface area contributed by atoms with Gasteiger partial charge in [0, 0.05) is 5.02 Å². The maximum Gasteiger partial charge on any atom is 0.349 e. The van der Waals surface area contributed by atoms with E-state index in [0.29, 0.717) is 10.8 Å². The molecule has 4 nitrogen and oxygen atoms in total. The van der Waals surface area contributed by atoms with Crippen molar-refractivity contribution in [1.29, 1.82) is 0 Å². The summed E-state index contributed by atoms with van der Waals surface area (Å²) in [5.74, 6) is -1.06. The van der Waals surface area contributed by atoms with E-state index in [1.54, 1.807) is 32.9 Å². The molecular formula is C13H15ClO4. The van der Waals surface area contributed by atoms with Gasteiger partial charge in [0.25, 0.3) is 0 Å². The summed E-state index contributed by atoms with van der Waals surface area (Å²) < 4.78 is 9.80. The second-order valence-corrected chi connectivity index (χ2v) is 5.21. The van der Waals surface area contributed by atoms with E-state index >= 15 is 0 Å². The third-order valence-corrected chi connectivity index (χ3v) is 2.41. The maximum absolute atomic E-state index is 11.9. The highest BCUT2D eigenvalue weighted by Crippen LogP contribution is 2.24. The Morgan fingerprint density at radius 2 is 1.83 bits per heavy atom. The van der Waals surface area contributed by atoms with Crippen LogP contribution < -0.4 is 4.74 Å². The minimum atomic E-state index is -0.769. The van der Waals surface area contributed by atoms with Crippen molar-refractivity contribution in [2.24, 2.45) is 5.41 Å². The van der Waals surface area contributed by atoms with Crippen molar-refractivity contribution in [1.82, 2.24) is 0 Å². The van der Waals surface area contributed by atoms with Gasteiger partial charge < -0.3 is 9.47 Å². The number of esters is 2. The van der Waals surface area contributed by atoms with Crippen LogP contribution in [-0.4, -0.2) is 19.0 Å². The van der Waals surface area contributed by atoms with E-state index in [0.717, 1.165) is 0 Å². The number of carbonyl (C=O) groups is 2. The first-order chi connectivity index (χ1) is 8.25. The Morgan fingerprint density at radius 1 is 1.22 bits per heavy atom. The van der Waals surface area contributed by atoms with Crippen molar-refractivity contribution >= 4 is 23.5 Å². The average Bonchev–Trinajstić information content (AvgIpc) is 2.27. The fraction of sp³-hybridized carbons (Fsp3) is 0.385. The summed E-state index contributed by atoms with van der Waals surface area (Å²) in [5.41, 5.74) is -0.621. The third-order valence-electron chi connectivity index (χ3n) is 2.18. The van der Waals surface area contributed by atoms with Crippen LogP contribution in [0.5, 0.6) is 5.75 Å². The molecule has 0 aliphatic carbocycles. The van der Waals surface area contributed by atoms with Crippen LogP contribution >= 0.6 is 11.6 Å². The van der Waals surface area contributed by atoms with E-state index in [4.69, 9.17) is 21.1 Å². The molecule has 18 heavy (non-hydrogen) atoms. The number of hydrogen-bond acceptors (Lipinski definition) is 4. The minimum absolute atomic E-state index is 0.127. The lowest BCUT2D eigenvalue weighted by atomic mass is 9.97. The predicted molar refractivity (Wildman–Crippen MR) is 67.9 cm³/mol. The second-order valence-electron chi connectivity index (χ2n) is 4.77. The van der Waals surface area contributed by atoms with Gasteiger partial charge >= 0.3 is 11.9 Å². The van der Waals surface area contributed by atoms with Crippen molar-refractivity contribution in [3.8, 4) is 5.75 Å². The van der Waals surface area contributed by atoms with Crippen LogP contribution in [0.25, 0.3) is 0 Å². The van der Waals surface area contributed by atoms with E-state index in [-0.39, 0.29) is 5.56 Å². The fourth-order valence-corrected chi connectivity index (χ4v) is 1.30. The molecule has 0 radical (unpaired) electrons. The largest absolute Gasteiger partial charge is 0.496 e. The summed E-state index contributed by atoms with van der Waals surface area (Å²) in [6.07, 6.45) is 0. The van der Waals surface area contributed by atoms with Gasteiger partial charge in [0.1, 0.15) is 11.3 Å². The first-order valence-electron chi connectivity index (χ1n) is 5.36. The standard InChI is InChI=1S/C13H15ClO4/c1-13(2,3)12(16)18-11(15)9-7-8(14)5-6-10(9)17-4/h5-7H,1-4H3. The molecule has 0 aromatic heterocycles. The predicted octanol–water partition coefficient (Wildman–Crippen LogP) is 3.08. The monoisotopic (exact) mass is 270 g/mol. The van der Waals surface area contributed by atoms with Crippen LogP contribution in [0.2, 0.25) is 5.02 Å². The molecule has 0 amide bonds. The summed E-state index contributed by atoms with van der Waals surface area (Å²) in [6.45, 7) is 4.99. The van der Waals surface area contributed by atoms with Crippen LogP contribution in [0.3, 0.4) is 0 Å². The fourth-order valence-electron chi connectivity index (χ4n) is 1.13. The molecule has 0 spiro atoms. The van der Waals surface area contributed by atoms with Crippen LogP contribution in [-0.2, 0) is 9.53 Å². The van der Waals surface area contributed by atoms with Gasteiger partial charge in [0.05, 0.1) is 12.5 Å². The first kappa shape index (κ1) is 14.5. The Hall–Kier alpha value is -1.55. The lowest BCUT2D eigenvalue weighted by Gasteiger charge is -2.16. The van der Waals surface area contributed by atoms with Crippen molar-refractivity contribution in [2.75, 3.05) is 7.11 Å². The summed E-state index contributed by atoms with van der Waals surface area (Å²) >= 11 is 5.80. The summed E-state index contributed by atoms with van der Waals surface area (Å²) in [5, 5.41) is 0.367. The summed E-state index contributed by atoms with van der Waals surface area (Å²) in [4.78, 5) is 23.5. The molecule has 0 atom stereocenters. The number of methoxy groups -OCH3 is 1. The molecule has 5 heteroatoms. The molecule has 98 valence electrons. The molecule has 0 aliphatic rings. The van der Waals surface area contributed by atoms with Crippen molar-refractivity contribution in [2.45, 2.75) is 20.8 Å². The van der Waals surface area contributed by atoms with Crippen LogP contribution in [0, 0.1) is 5.41 Å². The van der Waals surface area contributed by atoms with Crippen molar-refractivity contribution in [3.63, 3.8) is 0 Å². The average molecular weight is 271 g/mol. The van der Waals surface area contributed by atoms with Gasteiger partial charge in [-0.15, -0.1) is 0 Å².